The second-order valence-corrected chi connectivity index (χ2v) is 10.7. The Morgan fingerprint density at radius 2 is 1.84 bits per heavy atom. The highest BCUT2D eigenvalue weighted by molar-refractivity contribution is 5.91. The Bertz CT molecular complexity index is 947. The maximum Gasteiger partial charge on any atom is 0.337 e. The maximum atomic E-state index is 13.1. The summed E-state index contributed by atoms with van der Waals surface area (Å²) in [7, 11) is 0. The molecule has 2 saturated heterocycles. The van der Waals surface area contributed by atoms with Gasteiger partial charge in [-0.15, -0.1) is 0 Å². The molecule has 1 saturated carbocycles. The summed E-state index contributed by atoms with van der Waals surface area (Å²) in [6.45, 7) is 4.82. The fraction of sp³-hybridized carbons (Fsp3) is 0.769. The Balaban J connectivity index is 1.57. The number of rotatable bonds is 3. The standard InChI is InChI=1S/C26H38O12/c1-4-14-15-7-19(28)34-11-17-12(2)5-6-26(17,33)13(3)9-35-23(32)16(15)10-36-24(14)38-25-22(31)21(30)20(29)18(8-27)37-25/h4,10,12-13,15,17-18,20-22,24-25,27,29-31,33H,5-9,11H2,1-3H3/b14-4+/t12?,13?,15-,17+,18?,20?,21?,22?,24?,25?,26+/m0/s1. The van der Waals surface area contributed by atoms with Crippen LogP contribution in [0.5, 0.6) is 0 Å². The molecule has 8 unspecified atom stereocenters. The van der Waals surface area contributed by atoms with Crippen LogP contribution in [0.25, 0.3) is 0 Å². The lowest BCUT2D eigenvalue weighted by molar-refractivity contribution is -0.327. The summed E-state index contributed by atoms with van der Waals surface area (Å²) in [5.41, 5.74) is -0.724. The van der Waals surface area contributed by atoms with Gasteiger partial charge in [-0.05, 0) is 25.7 Å². The van der Waals surface area contributed by atoms with E-state index in [1.807, 2.05) is 6.92 Å². The van der Waals surface area contributed by atoms with E-state index < -0.39 is 73.0 Å². The molecule has 214 valence electrons. The van der Waals surface area contributed by atoms with E-state index in [9.17, 15) is 35.1 Å². The Labute approximate surface area is 220 Å². The van der Waals surface area contributed by atoms with Crippen molar-refractivity contribution in [2.75, 3.05) is 19.8 Å². The Hall–Kier alpha value is -2.06. The molecule has 12 heteroatoms. The number of esters is 2. The highest BCUT2D eigenvalue weighted by Crippen LogP contribution is 2.45. The van der Waals surface area contributed by atoms with E-state index in [2.05, 4.69) is 0 Å². The number of carbonyl (C=O) groups excluding carboxylic acids is 2. The van der Waals surface area contributed by atoms with E-state index in [4.69, 9.17) is 23.7 Å². The van der Waals surface area contributed by atoms with Crippen molar-refractivity contribution in [1.82, 2.24) is 0 Å². The fourth-order valence-corrected chi connectivity index (χ4v) is 5.90. The number of fused-ring (bicyclic) bond motifs is 2. The highest BCUT2D eigenvalue weighted by Gasteiger charge is 2.51. The van der Waals surface area contributed by atoms with Crippen molar-refractivity contribution in [1.29, 1.82) is 0 Å². The molecule has 4 rings (SSSR count). The first-order chi connectivity index (χ1) is 18.0. The molecule has 0 spiro atoms. The van der Waals surface area contributed by atoms with Crippen molar-refractivity contribution in [2.45, 2.75) is 82.6 Å². The predicted molar refractivity (Wildman–Crippen MR) is 128 cm³/mol. The van der Waals surface area contributed by atoms with Gasteiger partial charge in [0.25, 0.3) is 0 Å². The van der Waals surface area contributed by atoms with E-state index in [0.29, 0.717) is 12.0 Å². The van der Waals surface area contributed by atoms with E-state index in [1.54, 1.807) is 19.9 Å². The number of ether oxygens (including phenoxy) is 5. The minimum atomic E-state index is -1.67. The number of aliphatic hydroxyl groups is 5. The highest BCUT2D eigenvalue weighted by atomic mass is 16.8. The predicted octanol–water partition coefficient (Wildman–Crippen LogP) is -0.491. The first-order valence-corrected chi connectivity index (χ1v) is 13.0. The second-order valence-electron chi connectivity index (χ2n) is 10.7. The summed E-state index contributed by atoms with van der Waals surface area (Å²) in [5, 5.41) is 51.3. The first-order valence-electron chi connectivity index (χ1n) is 13.0. The van der Waals surface area contributed by atoms with Gasteiger partial charge in [0.2, 0.25) is 6.29 Å². The van der Waals surface area contributed by atoms with Crippen molar-refractivity contribution >= 4 is 11.9 Å². The summed E-state index contributed by atoms with van der Waals surface area (Å²) in [6, 6.07) is 0. The maximum absolute atomic E-state index is 13.1. The number of hydrogen-bond donors (Lipinski definition) is 5. The normalized spacial score (nSPS) is 45.5. The van der Waals surface area contributed by atoms with E-state index in [0.717, 1.165) is 12.7 Å². The van der Waals surface area contributed by atoms with E-state index >= 15 is 0 Å². The van der Waals surface area contributed by atoms with Crippen molar-refractivity contribution in [2.24, 2.45) is 23.7 Å². The van der Waals surface area contributed by atoms with Gasteiger partial charge < -0.3 is 49.2 Å². The quantitative estimate of drug-likeness (QED) is 0.228. The molecule has 3 aliphatic heterocycles. The second kappa shape index (κ2) is 11.6. The molecule has 5 N–H and O–H groups in total. The molecular weight excluding hydrogens is 504 g/mol. The summed E-state index contributed by atoms with van der Waals surface area (Å²) in [4.78, 5) is 26.1. The molecule has 0 bridgehead atoms. The van der Waals surface area contributed by atoms with Gasteiger partial charge in [-0.25, -0.2) is 4.79 Å². The van der Waals surface area contributed by atoms with E-state index in [1.165, 1.54) is 0 Å². The van der Waals surface area contributed by atoms with Gasteiger partial charge in [-0.3, -0.25) is 4.79 Å². The van der Waals surface area contributed by atoms with Crippen LogP contribution in [0, 0.1) is 23.7 Å². The van der Waals surface area contributed by atoms with Crippen molar-refractivity contribution in [3.05, 3.63) is 23.5 Å². The molecule has 0 aromatic carbocycles. The average molecular weight is 543 g/mol. The monoisotopic (exact) mass is 542 g/mol. The van der Waals surface area contributed by atoms with Gasteiger partial charge in [0, 0.05) is 23.3 Å². The third kappa shape index (κ3) is 5.35. The molecule has 0 radical (unpaired) electrons. The molecule has 11 atom stereocenters. The first kappa shape index (κ1) is 28.9. The fourth-order valence-electron chi connectivity index (χ4n) is 5.90. The van der Waals surface area contributed by atoms with Crippen LogP contribution in [0.3, 0.4) is 0 Å². The zero-order valence-electron chi connectivity index (χ0n) is 21.8. The van der Waals surface area contributed by atoms with Crippen LogP contribution in [-0.4, -0.2) is 99.9 Å². The molecule has 0 aromatic rings. The number of allylic oxidation sites excluding steroid dienone is 1. The van der Waals surface area contributed by atoms with Crippen molar-refractivity contribution in [3.63, 3.8) is 0 Å². The topological polar surface area (TPSA) is 181 Å². The minimum Gasteiger partial charge on any atom is -0.468 e. The molecular formula is C26H38O12. The molecule has 3 heterocycles. The number of carbonyl (C=O) groups is 2. The molecule has 12 nitrogen and oxygen atoms in total. The zero-order valence-corrected chi connectivity index (χ0v) is 21.8. The van der Waals surface area contributed by atoms with Gasteiger partial charge in [-0.2, -0.15) is 0 Å². The average Bonchev–Trinajstić information content (AvgIpc) is 3.19. The van der Waals surface area contributed by atoms with Crippen LogP contribution in [0.2, 0.25) is 0 Å². The summed E-state index contributed by atoms with van der Waals surface area (Å²) in [6.07, 6.45) is -5.04. The SMILES string of the molecule is C/C=C1/C(OC2OC(CO)C(O)C(O)C2O)OC=C2C(=O)OCC(C)[C@]3(O)CCC(C)[C@H]3COC(=O)C[C@H]21. The molecule has 38 heavy (non-hydrogen) atoms. The van der Waals surface area contributed by atoms with Crippen LogP contribution in [0.15, 0.2) is 23.5 Å². The van der Waals surface area contributed by atoms with E-state index in [-0.39, 0.29) is 37.0 Å². The van der Waals surface area contributed by atoms with Gasteiger partial charge in [0.1, 0.15) is 24.4 Å². The van der Waals surface area contributed by atoms with Crippen LogP contribution < -0.4 is 0 Å². The van der Waals surface area contributed by atoms with Crippen LogP contribution in [-0.2, 0) is 33.3 Å². The lowest BCUT2D eigenvalue weighted by Gasteiger charge is -2.42. The van der Waals surface area contributed by atoms with Crippen LogP contribution in [0.1, 0.15) is 40.0 Å². The van der Waals surface area contributed by atoms with Gasteiger partial charge >= 0.3 is 11.9 Å². The summed E-state index contributed by atoms with van der Waals surface area (Å²) in [5.74, 6) is -2.73. The third-order valence-corrected chi connectivity index (χ3v) is 8.49. The smallest absolute Gasteiger partial charge is 0.337 e. The van der Waals surface area contributed by atoms with Gasteiger partial charge in [-0.1, -0.05) is 19.9 Å². The molecule has 1 aliphatic carbocycles. The summed E-state index contributed by atoms with van der Waals surface area (Å²) < 4.78 is 28.0. The lowest BCUT2D eigenvalue weighted by Crippen LogP contribution is -2.60. The van der Waals surface area contributed by atoms with Crippen LogP contribution >= 0.6 is 0 Å². The minimum absolute atomic E-state index is 0.0347. The molecule has 4 aliphatic rings. The van der Waals surface area contributed by atoms with Crippen molar-refractivity contribution in [3.8, 4) is 0 Å². The Morgan fingerprint density at radius 3 is 2.53 bits per heavy atom. The number of hydrogen-bond acceptors (Lipinski definition) is 12. The van der Waals surface area contributed by atoms with Gasteiger partial charge in [0.15, 0.2) is 6.29 Å². The van der Waals surface area contributed by atoms with Crippen molar-refractivity contribution < 1.29 is 58.8 Å². The van der Waals surface area contributed by atoms with Crippen LogP contribution in [0.4, 0.5) is 0 Å². The number of aliphatic hydroxyl groups excluding tert-OH is 4. The Morgan fingerprint density at radius 1 is 1.11 bits per heavy atom. The largest absolute Gasteiger partial charge is 0.468 e. The zero-order chi connectivity index (χ0) is 27.8. The third-order valence-electron chi connectivity index (χ3n) is 8.49. The molecule has 0 aromatic heterocycles. The number of cyclic esters (lactones) is 2. The lowest BCUT2D eigenvalue weighted by atomic mass is 9.78. The Kier molecular flexibility index (Phi) is 8.82. The molecule has 0 amide bonds. The molecule has 3 fully saturated rings. The van der Waals surface area contributed by atoms with Gasteiger partial charge in [0.05, 0.1) is 43.7 Å². The summed E-state index contributed by atoms with van der Waals surface area (Å²) >= 11 is 0.